The van der Waals surface area contributed by atoms with E-state index < -0.39 is 6.03 Å². The number of halogens is 1. The molecule has 0 saturated carbocycles. The number of carbonyl (C=O) groups is 3. The molecular formula is C14H16FN3O3. The maximum absolute atomic E-state index is 12.7. The Morgan fingerprint density at radius 3 is 2.62 bits per heavy atom. The average Bonchev–Trinajstić information content (AvgIpc) is 2.78. The molecule has 21 heavy (non-hydrogen) atoms. The van der Waals surface area contributed by atoms with E-state index in [1.807, 2.05) is 0 Å². The first kappa shape index (κ1) is 15.0. The second kappa shape index (κ2) is 6.83. The minimum absolute atomic E-state index is 0.0113. The van der Waals surface area contributed by atoms with Gasteiger partial charge >= 0.3 is 6.03 Å². The van der Waals surface area contributed by atoms with Crippen molar-refractivity contribution in [2.24, 2.45) is 0 Å². The summed E-state index contributed by atoms with van der Waals surface area (Å²) < 4.78 is 12.7. The second-order valence-electron chi connectivity index (χ2n) is 4.68. The molecule has 6 nitrogen and oxygen atoms in total. The molecule has 0 aliphatic carbocycles. The maximum Gasteiger partial charge on any atom is 0.324 e. The van der Waals surface area contributed by atoms with Gasteiger partial charge in [0.2, 0.25) is 11.8 Å². The average molecular weight is 293 g/mol. The number of carbonyl (C=O) groups excluding carboxylic acids is 3. The molecular weight excluding hydrogens is 277 g/mol. The van der Waals surface area contributed by atoms with E-state index in [0.29, 0.717) is 6.42 Å². The van der Waals surface area contributed by atoms with Crippen molar-refractivity contribution in [3.05, 3.63) is 35.6 Å². The van der Waals surface area contributed by atoms with Crippen LogP contribution in [0.4, 0.5) is 9.18 Å². The Bertz CT molecular complexity index is 529. The van der Waals surface area contributed by atoms with Gasteiger partial charge in [-0.3, -0.25) is 14.5 Å². The number of rotatable bonds is 6. The van der Waals surface area contributed by atoms with Crippen LogP contribution in [-0.4, -0.2) is 42.4 Å². The van der Waals surface area contributed by atoms with Crippen LogP contribution >= 0.6 is 0 Å². The van der Waals surface area contributed by atoms with Gasteiger partial charge in [-0.2, -0.15) is 0 Å². The van der Waals surface area contributed by atoms with E-state index >= 15 is 0 Å². The van der Waals surface area contributed by atoms with Gasteiger partial charge in [0.05, 0.1) is 6.54 Å². The van der Waals surface area contributed by atoms with Crippen LogP contribution in [0.5, 0.6) is 0 Å². The van der Waals surface area contributed by atoms with E-state index in [-0.39, 0.29) is 43.7 Å². The lowest BCUT2D eigenvalue weighted by Gasteiger charge is -2.12. The predicted molar refractivity (Wildman–Crippen MR) is 72.8 cm³/mol. The van der Waals surface area contributed by atoms with E-state index in [1.54, 1.807) is 12.1 Å². The lowest BCUT2D eigenvalue weighted by atomic mass is 10.1. The predicted octanol–water partition coefficient (Wildman–Crippen LogP) is 0.426. The van der Waals surface area contributed by atoms with Crippen LogP contribution in [0.2, 0.25) is 0 Å². The fourth-order valence-electron chi connectivity index (χ4n) is 1.99. The van der Waals surface area contributed by atoms with Crippen LogP contribution in [0.3, 0.4) is 0 Å². The first-order chi connectivity index (χ1) is 10.1. The lowest BCUT2D eigenvalue weighted by molar-refractivity contribution is -0.126. The largest absolute Gasteiger partial charge is 0.354 e. The van der Waals surface area contributed by atoms with Crippen molar-refractivity contribution in [3.63, 3.8) is 0 Å². The van der Waals surface area contributed by atoms with E-state index in [1.165, 1.54) is 12.1 Å². The highest BCUT2D eigenvalue weighted by Crippen LogP contribution is 2.05. The maximum atomic E-state index is 12.7. The molecule has 1 aliphatic heterocycles. The lowest BCUT2D eigenvalue weighted by Crippen LogP contribution is -2.38. The summed E-state index contributed by atoms with van der Waals surface area (Å²) in [5, 5.41) is 5.05. The van der Waals surface area contributed by atoms with E-state index in [0.717, 1.165) is 10.5 Å². The van der Waals surface area contributed by atoms with Crippen molar-refractivity contribution < 1.29 is 18.8 Å². The molecule has 1 aliphatic rings. The van der Waals surface area contributed by atoms with Gasteiger partial charge in [-0.25, -0.2) is 9.18 Å². The molecule has 4 amide bonds. The molecule has 112 valence electrons. The van der Waals surface area contributed by atoms with Gasteiger partial charge in [0.1, 0.15) is 5.82 Å². The minimum atomic E-state index is -0.430. The molecule has 2 rings (SSSR count). The van der Waals surface area contributed by atoms with Gasteiger partial charge in [-0.15, -0.1) is 0 Å². The monoisotopic (exact) mass is 293 g/mol. The Kier molecular flexibility index (Phi) is 4.86. The van der Waals surface area contributed by atoms with Gasteiger partial charge in [-0.1, -0.05) is 12.1 Å². The van der Waals surface area contributed by atoms with Crippen molar-refractivity contribution >= 4 is 17.8 Å². The highest BCUT2D eigenvalue weighted by Gasteiger charge is 2.27. The van der Waals surface area contributed by atoms with Crippen LogP contribution in [0.25, 0.3) is 0 Å². The van der Waals surface area contributed by atoms with Crippen LogP contribution in [-0.2, 0) is 16.0 Å². The number of hydrogen-bond donors (Lipinski definition) is 2. The quantitative estimate of drug-likeness (QED) is 0.746. The molecule has 1 aromatic carbocycles. The molecule has 0 atom stereocenters. The first-order valence-electron chi connectivity index (χ1n) is 6.65. The summed E-state index contributed by atoms with van der Waals surface area (Å²) in [5.41, 5.74) is 0.876. The summed E-state index contributed by atoms with van der Waals surface area (Å²) in [6.45, 7) is 0.395. The Labute approximate surface area is 121 Å². The third-order valence-corrected chi connectivity index (χ3v) is 3.15. The Morgan fingerprint density at radius 1 is 1.29 bits per heavy atom. The number of aryl methyl sites for hydroxylation is 1. The summed E-state index contributed by atoms with van der Waals surface area (Å²) in [6.07, 6.45) is 0.779. The second-order valence-corrected chi connectivity index (χ2v) is 4.68. The van der Waals surface area contributed by atoms with E-state index in [4.69, 9.17) is 0 Å². The van der Waals surface area contributed by atoms with E-state index in [2.05, 4.69) is 10.6 Å². The molecule has 0 spiro atoms. The van der Waals surface area contributed by atoms with Gasteiger partial charge in [0.25, 0.3) is 0 Å². The smallest absolute Gasteiger partial charge is 0.324 e. The summed E-state index contributed by atoms with van der Waals surface area (Å²) in [5.74, 6) is -0.774. The SMILES string of the molecule is O=C(CCc1ccc(F)cc1)NCCN1C(=O)CNC1=O. The van der Waals surface area contributed by atoms with Gasteiger partial charge < -0.3 is 10.6 Å². The number of imide groups is 1. The zero-order valence-corrected chi connectivity index (χ0v) is 11.4. The van der Waals surface area contributed by atoms with Crippen molar-refractivity contribution in [1.82, 2.24) is 15.5 Å². The molecule has 1 heterocycles. The van der Waals surface area contributed by atoms with Gasteiger partial charge in [0.15, 0.2) is 0 Å². The third kappa shape index (κ3) is 4.27. The summed E-state index contributed by atoms with van der Waals surface area (Å²) in [6, 6.07) is 5.54. The molecule has 7 heteroatoms. The number of nitrogens with one attached hydrogen (secondary N) is 2. The standard InChI is InChI=1S/C14H16FN3O3/c15-11-4-1-10(2-5-11)3-6-12(19)16-7-8-18-13(20)9-17-14(18)21/h1-2,4-5H,3,6-9H2,(H,16,19)(H,17,21). The molecule has 2 N–H and O–H groups in total. The fourth-order valence-corrected chi connectivity index (χ4v) is 1.99. The van der Waals surface area contributed by atoms with Gasteiger partial charge in [-0.05, 0) is 24.1 Å². The Balaban J connectivity index is 1.67. The van der Waals surface area contributed by atoms with Crippen molar-refractivity contribution in [2.75, 3.05) is 19.6 Å². The number of hydrogen-bond acceptors (Lipinski definition) is 3. The first-order valence-corrected chi connectivity index (χ1v) is 6.65. The number of benzene rings is 1. The third-order valence-electron chi connectivity index (χ3n) is 3.15. The zero-order chi connectivity index (χ0) is 15.2. The number of amides is 4. The van der Waals surface area contributed by atoms with Crippen LogP contribution in [0, 0.1) is 5.82 Å². The van der Waals surface area contributed by atoms with Crippen molar-refractivity contribution in [1.29, 1.82) is 0 Å². The number of nitrogens with zero attached hydrogens (tertiary/aromatic N) is 1. The van der Waals surface area contributed by atoms with E-state index in [9.17, 15) is 18.8 Å². The van der Waals surface area contributed by atoms with Crippen LogP contribution in [0.1, 0.15) is 12.0 Å². The minimum Gasteiger partial charge on any atom is -0.354 e. The molecule has 1 saturated heterocycles. The highest BCUT2D eigenvalue weighted by atomic mass is 19.1. The Morgan fingerprint density at radius 2 is 2.00 bits per heavy atom. The zero-order valence-electron chi connectivity index (χ0n) is 11.4. The summed E-state index contributed by atoms with van der Waals surface area (Å²) in [7, 11) is 0. The van der Waals surface area contributed by atoms with Crippen molar-refractivity contribution in [2.45, 2.75) is 12.8 Å². The topological polar surface area (TPSA) is 78.5 Å². The molecule has 1 aromatic rings. The number of urea groups is 1. The fraction of sp³-hybridized carbons (Fsp3) is 0.357. The van der Waals surface area contributed by atoms with Crippen LogP contribution < -0.4 is 10.6 Å². The summed E-state index contributed by atoms with van der Waals surface area (Å²) in [4.78, 5) is 35.2. The molecule has 0 aromatic heterocycles. The highest BCUT2D eigenvalue weighted by molar-refractivity contribution is 6.01. The molecule has 1 fully saturated rings. The normalized spacial score (nSPS) is 14.2. The summed E-state index contributed by atoms with van der Waals surface area (Å²) >= 11 is 0. The van der Waals surface area contributed by atoms with Crippen LogP contribution in [0.15, 0.2) is 24.3 Å². The van der Waals surface area contributed by atoms with Gasteiger partial charge in [0, 0.05) is 19.5 Å². The molecule has 0 unspecified atom stereocenters. The Hall–Kier alpha value is -2.44. The molecule has 0 radical (unpaired) electrons. The molecule has 0 bridgehead atoms. The van der Waals surface area contributed by atoms with Crippen molar-refractivity contribution in [3.8, 4) is 0 Å².